The van der Waals surface area contributed by atoms with Crippen molar-refractivity contribution in [3.05, 3.63) is 23.8 Å². The van der Waals surface area contributed by atoms with Crippen molar-refractivity contribution in [2.45, 2.75) is 5.25 Å². The van der Waals surface area contributed by atoms with Crippen molar-refractivity contribution < 1.29 is 4.52 Å². The molecular formula is C11H10N4OS2. The highest BCUT2D eigenvalue weighted by Crippen LogP contribution is 2.35. The standard InChI is InChI=1S/C11H10N4OS2/c12-4-8-3-7(5-13-8)11-14-10(15-16-11)9-6-17-1-2-18-9/h3,5,9,13H,1-2,6H2. The molecule has 18 heavy (non-hydrogen) atoms. The average molecular weight is 278 g/mol. The second-order valence-electron chi connectivity index (χ2n) is 3.81. The minimum Gasteiger partial charge on any atom is -0.352 e. The Morgan fingerprint density at radius 3 is 3.17 bits per heavy atom. The number of rotatable bonds is 2. The summed E-state index contributed by atoms with van der Waals surface area (Å²) in [6.07, 6.45) is 1.71. The highest BCUT2D eigenvalue weighted by Gasteiger charge is 2.22. The Kier molecular flexibility index (Phi) is 3.30. The quantitative estimate of drug-likeness (QED) is 0.909. The molecule has 1 saturated heterocycles. The maximum absolute atomic E-state index is 8.75. The fraction of sp³-hybridized carbons (Fsp3) is 0.364. The van der Waals surface area contributed by atoms with Crippen LogP contribution in [0.2, 0.25) is 0 Å². The number of hydrogen-bond acceptors (Lipinski definition) is 6. The van der Waals surface area contributed by atoms with Crippen LogP contribution in [0.1, 0.15) is 16.8 Å². The molecule has 2 aromatic rings. The van der Waals surface area contributed by atoms with Crippen molar-refractivity contribution in [1.29, 1.82) is 5.26 Å². The van der Waals surface area contributed by atoms with Crippen LogP contribution in [0.3, 0.4) is 0 Å². The fourth-order valence-electron chi connectivity index (χ4n) is 1.70. The Balaban J connectivity index is 1.82. The van der Waals surface area contributed by atoms with E-state index in [4.69, 9.17) is 9.78 Å². The summed E-state index contributed by atoms with van der Waals surface area (Å²) in [5.74, 6) is 4.57. The van der Waals surface area contributed by atoms with Gasteiger partial charge in [-0.2, -0.15) is 22.0 Å². The van der Waals surface area contributed by atoms with Crippen molar-refractivity contribution in [1.82, 2.24) is 15.1 Å². The lowest BCUT2D eigenvalue weighted by atomic mass is 10.3. The molecule has 1 N–H and O–H groups in total. The number of H-pyrrole nitrogens is 1. The third-order valence-corrected chi connectivity index (χ3v) is 5.35. The Morgan fingerprint density at radius 2 is 2.44 bits per heavy atom. The predicted molar refractivity (Wildman–Crippen MR) is 71.3 cm³/mol. The van der Waals surface area contributed by atoms with E-state index in [0.717, 1.165) is 22.9 Å². The molecule has 92 valence electrons. The lowest BCUT2D eigenvalue weighted by Crippen LogP contribution is -2.07. The number of aromatic nitrogens is 3. The topological polar surface area (TPSA) is 78.5 Å². The van der Waals surface area contributed by atoms with Gasteiger partial charge in [0.15, 0.2) is 5.82 Å². The van der Waals surface area contributed by atoms with Crippen LogP contribution in [0.15, 0.2) is 16.8 Å². The van der Waals surface area contributed by atoms with Crippen LogP contribution in [0, 0.1) is 11.3 Å². The van der Waals surface area contributed by atoms with E-state index in [1.54, 1.807) is 12.3 Å². The van der Waals surface area contributed by atoms with Gasteiger partial charge >= 0.3 is 0 Å². The Hall–Kier alpha value is -1.39. The van der Waals surface area contributed by atoms with E-state index in [1.807, 2.05) is 29.6 Å². The normalized spacial score (nSPS) is 19.6. The Bertz CT molecular complexity index is 580. The van der Waals surface area contributed by atoms with Gasteiger partial charge in [0.1, 0.15) is 11.8 Å². The molecule has 1 atom stereocenters. The highest BCUT2D eigenvalue weighted by atomic mass is 32.2. The van der Waals surface area contributed by atoms with E-state index in [0.29, 0.717) is 16.8 Å². The molecule has 7 heteroatoms. The van der Waals surface area contributed by atoms with Gasteiger partial charge in [-0.05, 0) is 6.07 Å². The molecule has 0 spiro atoms. The lowest BCUT2D eigenvalue weighted by molar-refractivity contribution is 0.423. The third kappa shape index (κ3) is 2.26. The maximum atomic E-state index is 8.75. The summed E-state index contributed by atoms with van der Waals surface area (Å²) in [6, 6.07) is 3.74. The molecule has 3 rings (SSSR count). The van der Waals surface area contributed by atoms with Gasteiger partial charge in [0.2, 0.25) is 0 Å². The number of hydrogen-bond donors (Lipinski definition) is 1. The van der Waals surface area contributed by atoms with Crippen molar-refractivity contribution in [2.24, 2.45) is 0 Å². The maximum Gasteiger partial charge on any atom is 0.259 e. The zero-order chi connectivity index (χ0) is 12.4. The third-order valence-electron chi connectivity index (χ3n) is 2.60. The molecule has 0 bridgehead atoms. The van der Waals surface area contributed by atoms with E-state index in [9.17, 15) is 0 Å². The summed E-state index contributed by atoms with van der Waals surface area (Å²) < 4.78 is 5.25. The molecule has 0 aromatic carbocycles. The SMILES string of the molecule is N#Cc1cc(-c2nc(C3CSCCS3)no2)c[nH]1. The summed E-state index contributed by atoms with van der Waals surface area (Å²) in [6.45, 7) is 0. The zero-order valence-electron chi connectivity index (χ0n) is 9.42. The lowest BCUT2D eigenvalue weighted by Gasteiger charge is -2.16. The van der Waals surface area contributed by atoms with E-state index < -0.39 is 0 Å². The van der Waals surface area contributed by atoms with Crippen LogP contribution in [0.4, 0.5) is 0 Å². The van der Waals surface area contributed by atoms with E-state index >= 15 is 0 Å². The summed E-state index contributed by atoms with van der Waals surface area (Å²) in [5, 5.41) is 13.1. The van der Waals surface area contributed by atoms with Crippen molar-refractivity contribution in [3.8, 4) is 17.5 Å². The Morgan fingerprint density at radius 1 is 1.50 bits per heavy atom. The first-order chi connectivity index (χ1) is 8.86. The van der Waals surface area contributed by atoms with Crippen LogP contribution >= 0.6 is 23.5 Å². The summed E-state index contributed by atoms with van der Waals surface area (Å²) in [4.78, 5) is 7.25. The van der Waals surface area contributed by atoms with E-state index in [-0.39, 0.29) is 0 Å². The largest absolute Gasteiger partial charge is 0.352 e. The number of nitrogens with one attached hydrogen (secondary N) is 1. The summed E-state index contributed by atoms with van der Waals surface area (Å²) in [7, 11) is 0. The minimum absolute atomic E-state index is 0.315. The molecule has 1 aliphatic heterocycles. The van der Waals surface area contributed by atoms with Gasteiger partial charge in [-0.25, -0.2) is 0 Å². The molecule has 0 saturated carbocycles. The summed E-state index contributed by atoms with van der Waals surface area (Å²) >= 11 is 3.79. The molecule has 2 aromatic heterocycles. The first-order valence-electron chi connectivity index (χ1n) is 5.48. The molecule has 0 amide bonds. The van der Waals surface area contributed by atoms with Crippen molar-refractivity contribution in [2.75, 3.05) is 17.3 Å². The van der Waals surface area contributed by atoms with Gasteiger partial charge in [-0.3, -0.25) is 0 Å². The molecule has 0 aliphatic carbocycles. The first-order valence-corrected chi connectivity index (χ1v) is 7.69. The molecule has 5 nitrogen and oxygen atoms in total. The second-order valence-corrected chi connectivity index (χ2v) is 6.27. The van der Waals surface area contributed by atoms with Gasteiger partial charge in [0, 0.05) is 23.5 Å². The number of nitriles is 1. The van der Waals surface area contributed by atoms with Gasteiger partial charge in [0.05, 0.1) is 10.8 Å². The van der Waals surface area contributed by atoms with Crippen LogP contribution in [-0.4, -0.2) is 32.4 Å². The van der Waals surface area contributed by atoms with Gasteiger partial charge in [-0.15, -0.1) is 11.8 Å². The number of aromatic amines is 1. The van der Waals surface area contributed by atoms with Crippen molar-refractivity contribution >= 4 is 23.5 Å². The molecule has 1 fully saturated rings. The molecule has 3 heterocycles. The first kappa shape index (κ1) is 11.7. The molecule has 1 unspecified atom stereocenters. The Labute approximate surface area is 112 Å². The van der Waals surface area contributed by atoms with Crippen LogP contribution < -0.4 is 0 Å². The van der Waals surface area contributed by atoms with E-state index in [2.05, 4.69) is 15.1 Å². The zero-order valence-corrected chi connectivity index (χ0v) is 11.1. The molecule has 0 radical (unpaired) electrons. The van der Waals surface area contributed by atoms with Gasteiger partial charge in [-0.1, -0.05) is 5.16 Å². The molecule has 1 aliphatic rings. The monoisotopic (exact) mass is 278 g/mol. The number of thioether (sulfide) groups is 2. The van der Waals surface area contributed by atoms with Gasteiger partial charge in [0.25, 0.3) is 5.89 Å². The van der Waals surface area contributed by atoms with Crippen LogP contribution in [0.5, 0.6) is 0 Å². The summed E-state index contributed by atoms with van der Waals surface area (Å²) in [5.41, 5.74) is 1.26. The number of nitrogens with zero attached hydrogens (tertiary/aromatic N) is 3. The molecular weight excluding hydrogens is 268 g/mol. The van der Waals surface area contributed by atoms with Crippen LogP contribution in [-0.2, 0) is 0 Å². The minimum atomic E-state index is 0.315. The van der Waals surface area contributed by atoms with Crippen LogP contribution in [0.25, 0.3) is 11.5 Å². The second kappa shape index (κ2) is 5.08. The predicted octanol–water partition coefficient (Wildman–Crippen LogP) is 2.46. The fourth-order valence-corrected chi connectivity index (χ4v) is 4.29. The van der Waals surface area contributed by atoms with Gasteiger partial charge < -0.3 is 9.51 Å². The van der Waals surface area contributed by atoms with E-state index in [1.165, 1.54) is 5.75 Å². The average Bonchev–Trinajstić information content (AvgIpc) is 3.08. The highest BCUT2D eigenvalue weighted by molar-refractivity contribution is 8.06. The van der Waals surface area contributed by atoms with Crippen molar-refractivity contribution in [3.63, 3.8) is 0 Å². The smallest absolute Gasteiger partial charge is 0.259 e.